The van der Waals surface area contributed by atoms with Gasteiger partial charge < -0.3 is 22.1 Å². The van der Waals surface area contributed by atoms with Crippen molar-refractivity contribution in [1.29, 1.82) is 0 Å². The van der Waals surface area contributed by atoms with E-state index in [4.69, 9.17) is 11.5 Å². The van der Waals surface area contributed by atoms with Crippen molar-refractivity contribution >= 4 is 12.4 Å². The van der Waals surface area contributed by atoms with Gasteiger partial charge in [-0.25, -0.2) is 0 Å². The smallest absolute Gasteiger partial charge is 0.0205 e. The number of halogens is 1. The minimum atomic E-state index is 0. The predicted molar refractivity (Wildman–Crippen MR) is 110 cm³/mol. The zero-order valence-corrected chi connectivity index (χ0v) is 15.7. The molecule has 0 amide bonds. The second-order valence-electron chi connectivity index (χ2n) is 6.04. The highest BCUT2D eigenvalue weighted by Gasteiger charge is 2.04. The fourth-order valence-corrected chi connectivity index (χ4v) is 2.68. The molecule has 0 radical (unpaired) electrons. The normalized spacial score (nSPS) is 10.5. The van der Waals surface area contributed by atoms with Gasteiger partial charge in [-0.2, -0.15) is 0 Å². The third-order valence-electron chi connectivity index (χ3n) is 3.93. The maximum atomic E-state index is 5.55. The lowest BCUT2D eigenvalue weighted by molar-refractivity contribution is 0.647. The van der Waals surface area contributed by atoms with Crippen molar-refractivity contribution in [2.24, 2.45) is 11.5 Å². The van der Waals surface area contributed by atoms with Crippen molar-refractivity contribution in [1.82, 2.24) is 10.6 Å². The summed E-state index contributed by atoms with van der Waals surface area (Å²) in [6.07, 6.45) is 2.01. The van der Waals surface area contributed by atoms with Crippen LogP contribution in [0.3, 0.4) is 0 Å². The summed E-state index contributed by atoms with van der Waals surface area (Å²) in [4.78, 5) is 0. The second-order valence-corrected chi connectivity index (χ2v) is 6.04. The number of benzene rings is 2. The van der Waals surface area contributed by atoms with Crippen LogP contribution in [0.1, 0.15) is 24.0 Å². The topological polar surface area (TPSA) is 76.1 Å². The van der Waals surface area contributed by atoms with Gasteiger partial charge in [0, 0.05) is 13.1 Å². The van der Waals surface area contributed by atoms with Crippen molar-refractivity contribution in [2.45, 2.75) is 25.9 Å². The molecule has 0 unspecified atom stereocenters. The Morgan fingerprint density at radius 3 is 1.68 bits per heavy atom. The van der Waals surface area contributed by atoms with Crippen molar-refractivity contribution in [3.8, 4) is 11.1 Å². The van der Waals surface area contributed by atoms with Crippen LogP contribution in [-0.2, 0) is 13.1 Å². The third-order valence-corrected chi connectivity index (χ3v) is 3.93. The molecule has 0 aromatic heterocycles. The van der Waals surface area contributed by atoms with Crippen LogP contribution in [0.4, 0.5) is 0 Å². The summed E-state index contributed by atoms with van der Waals surface area (Å²) in [5, 5.41) is 6.94. The molecule has 5 heteroatoms. The maximum absolute atomic E-state index is 5.55. The Balaban J connectivity index is 0.00000312. The molecule has 0 saturated heterocycles. The molecule has 0 aliphatic carbocycles. The lowest BCUT2D eigenvalue weighted by atomic mass is 9.99. The molecule has 25 heavy (non-hydrogen) atoms. The van der Waals surface area contributed by atoms with E-state index in [1.54, 1.807) is 0 Å². The van der Waals surface area contributed by atoms with Crippen LogP contribution in [0.15, 0.2) is 48.5 Å². The summed E-state index contributed by atoms with van der Waals surface area (Å²) in [6.45, 7) is 5.11. The first-order valence-electron chi connectivity index (χ1n) is 8.83. The van der Waals surface area contributed by atoms with E-state index in [1.165, 1.54) is 22.3 Å². The van der Waals surface area contributed by atoms with Gasteiger partial charge in [0.15, 0.2) is 0 Å². The summed E-state index contributed by atoms with van der Waals surface area (Å²) >= 11 is 0. The zero-order valence-electron chi connectivity index (χ0n) is 14.8. The Kier molecular flexibility index (Phi) is 11.1. The molecular formula is C20H31ClN4. The average Bonchev–Trinajstić information content (AvgIpc) is 2.63. The van der Waals surface area contributed by atoms with E-state index in [0.717, 1.165) is 52.1 Å². The standard InChI is InChI=1S/C20H30N4.ClH/c21-8-4-10-23-15-17-12-18(16-24-11-5-9-22)14-20(13-17)19-6-2-1-3-7-19;/h1-3,6-7,12-14,23-24H,4-5,8-11,15-16,21-22H2;1H. The fraction of sp³-hybridized carbons (Fsp3) is 0.400. The molecule has 0 saturated carbocycles. The van der Waals surface area contributed by atoms with Gasteiger partial charge in [-0.1, -0.05) is 36.4 Å². The quantitative estimate of drug-likeness (QED) is 0.463. The van der Waals surface area contributed by atoms with Gasteiger partial charge in [0.2, 0.25) is 0 Å². The lowest BCUT2D eigenvalue weighted by Crippen LogP contribution is -2.19. The molecule has 0 fully saturated rings. The summed E-state index contributed by atoms with van der Waals surface area (Å²) in [5.74, 6) is 0. The minimum Gasteiger partial charge on any atom is -0.330 e. The van der Waals surface area contributed by atoms with Crippen LogP contribution in [-0.4, -0.2) is 26.2 Å². The van der Waals surface area contributed by atoms with E-state index in [9.17, 15) is 0 Å². The van der Waals surface area contributed by atoms with Crippen LogP contribution in [0.25, 0.3) is 11.1 Å². The van der Waals surface area contributed by atoms with E-state index < -0.39 is 0 Å². The first-order valence-corrected chi connectivity index (χ1v) is 8.83. The number of nitrogens with two attached hydrogens (primary N) is 2. The number of hydrogen-bond donors (Lipinski definition) is 4. The van der Waals surface area contributed by atoms with Crippen LogP contribution in [0.5, 0.6) is 0 Å². The maximum Gasteiger partial charge on any atom is 0.0205 e. The van der Waals surface area contributed by atoms with E-state index in [2.05, 4.69) is 59.2 Å². The Morgan fingerprint density at radius 1 is 0.680 bits per heavy atom. The third kappa shape index (κ3) is 7.99. The molecule has 0 aliphatic heterocycles. The van der Waals surface area contributed by atoms with E-state index in [0.29, 0.717) is 0 Å². The molecule has 2 aromatic rings. The highest BCUT2D eigenvalue weighted by atomic mass is 35.5. The second kappa shape index (κ2) is 12.9. The Labute approximate surface area is 157 Å². The van der Waals surface area contributed by atoms with Gasteiger partial charge in [-0.15, -0.1) is 12.4 Å². The van der Waals surface area contributed by atoms with Crippen molar-refractivity contribution in [3.63, 3.8) is 0 Å². The summed E-state index contributed by atoms with van der Waals surface area (Å²) < 4.78 is 0. The number of rotatable bonds is 11. The average molecular weight is 363 g/mol. The van der Waals surface area contributed by atoms with Gasteiger partial charge in [0.25, 0.3) is 0 Å². The van der Waals surface area contributed by atoms with Crippen molar-refractivity contribution in [2.75, 3.05) is 26.2 Å². The molecule has 0 aliphatic rings. The van der Waals surface area contributed by atoms with E-state index in [-0.39, 0.29) is 12.4 Å². The highest BCUT2D eigenvalue weighted by Crippen LogP contribution is 2.22. The molecule has 0 bridgehead atoms. The molecule has 0 atom stereocenters. The molecule has 4 nitrogen and oxygen atoms in total. The highest BCUT2D eigenvalue weighted by molar-refractivity contribution is 5.85. The first-order chi connectivity index (χ1) is 11.8. The first kappa shape index (κ1) is 21.6. The van der Waals surface area contributed by atoms with E-state index >= 15 is 0 Å². The van der Waals surface area contributed by atoms with Gasteiger partial charge in [-0.05, 0) is 73.4 Å². The SMILES string of the molecule is Cl.NCCCNCc1cc(CNCCCN)cc(-c2ccccc2)c1. The van der Waals surface area contributed by atoms with Gasteiger partial charge in [-0.3, -0.25) is 0 Å². The van der Waals surface area contributed by atoms with Crippen LogP contribution in [0, 0.1) is 0 Å². The largest absolute Gasteiger partial charge is 0.330 e. The monoisotopic (exact) mass is 362 g/mol. The van der Waals surface area contributed by atoms with Gasteiger partial charge in [0.05, 0.1) is 0 Å². The summed E-state index contributed by atoms with van der Waals surface area (Å²) in [6, 6.07) is 17.4. The molecule has 2 aromatic carbocycles. The summed E-state index contributed by atoms with van der Waals surface area (Å²) in [5.41, 5.74) is 16.2. The molecule has 0 heterocycles. The zero-order chi connectivity index (χ0) is 17.0. The molecule has 138 valence electrons. The number of nitrogens with one attached hydrogen (secondary N) is 2. The fourth-order valence-electron chi connectivity index (χ4n) is 2.68. The molecular weight excluding hydrogens is 332 g/mol. The minimum absolute atomic E-state index is 0. The van der Waals surface area contributed by atoms with Gasteiger partial charge in [0.1, 0.15) is 0 Å². The van der Waals surface area contributed by atoms with Crippen molar-refractivity contribution in [3.05, 3.63) is 59.7 Å². The Morgan fingerprint density at radius 2 is 1.20 bits per heavy atom. The molecule has 0 spiro atoms. The molecule has 6 N–H and O–H groups in total. The number of hydrogen-bond acceptors (Lipinski definition) is 4. The Hall–Kier alpha value is -1.43. The van der Waals surface area contributed by atoms with Gasteiger partial charge >= 0.3 is 0 Å². The molecule has 2 rings (SSSR count). The lowest BCUT2D eigenvalue weighted by Gasteiger charge is -2.12. The van der Waals surface area contributed by atoms with Crippen LogP contribution >= 0.6 is 12.4 Å². The predicted octanol–water partition coefficient (Wildman–Crippen LogP) is 2.65. The van der Waals surface area contributed by atoms with Crippen LogP contribution in [0.2, 0.25) is 0 Å². The van der Waals surface area contributed by atoms with E-state index in [1.807, 2.05) is 0 Å². The Bertz CT molecular complexity index is 559. The summed E-state index contributed by atoms with van der Waals surface area (Å²) in [7, 11) is 0. The van der Waals surface area contributed by atoms with Crippen LogP contribution < -0.4 is 22.1 Å². The van der Waals surface area contributed by atoms with Crippen molar-refractivity contribution < 1.29 is 0 Å².